The molecule has 15 nitrogen and oxygen atoms in total. The Morgan fingerprint density at radius 3 is 2.15 bits per heavy atom. The summed E-state index contributed by atoms with van der Waals surface area (Å²) in [6, 6.07) is 17.5. The van der Waals surface area contributed by atoms with E-state index in [9.17, 15) is 19.7 Å². The number of benzene rings is 2. The summed E-state index contributed by atoms with van der Waals surface area (Å²) in [5, 5.41) is 22.0. The molecule has 2 bridgehead atoms. The van der Waals surface area contributed by atoms with Crippen LogP contribution < -0.4 is 31.2 Å². The number of pyridine rings is 1. The minimum atomic E-state index is -0.517. The van der Waals surface area contributed by atoms with E-state index in [-0.39, 0.29) is 70.2 Å². The van der Waals surface area contributed by atoms with Crippen molar-refractivity contribution in [1.29, 1.82) is 0 Å². The maximum atomic E-state index is 14.4. The molecular formula is C66H95N9O6S. The summed E-state index contributed by atoms with van der Waals surface area (Å²) in [7, 11) is 6.65. The van der Waals surface area contributed by atoms with Crippen molar-refractivity contribution < 1.29 is 24.0 Å². The zero-order chi connectivity index (χ0) is 60.7. The summed E-state index contributed by atoms with van der Waals surface area (Å²) in [5.41, 5.74) is 12.4. The second kappa shape index (κ2) is 26.5. The molecule has 1 aromatic heterocycles. The van der Waals surface area contributed by atoms with E-state index in [1.54, 1.807) is 50.0 Å². The average molecular weight is 1140 g/mol. The van der Waals surface area contributed by atoms with Gasteiger partial charge in [0.2, 0.25) is 5.91 Å². The van der Waals surface area contributed by atoms with Gasteiger partial charge in [-0.05, 0) is 155 Å². The lowest BCUT2D eigenvalue weighted by atomic mass is 9.45. The van der Waals surface area contributed by atoms with Gasteiger partial charge in [0, 0.05) is 80.1 Å². The van der Waals surface area contributed by atoms with E-state index in [1.807, 2.05) is 30.3 Å². The van der Waals surface area contributed by atoms with Crippen molar-refractivity contribution >= 4 is 35.2 Å². The van der Waals surface area contributed by atoms with Gasteiger partial charge in [-0.2, -0.15) is 0 Å². The molecule has 4 aliphatic rings. The van der Waals surface area contributed by atoms with Crippen LogP contribution in [0.3, 0.4) is 0 Å². The third kappa shape index (κ3) is 14.7. The first kappa shape index (κ1) is 64.9. The number of carbonyl (C=O) groups is 2. The monoisotopic (exact) mass is 1140 g/mol. The summed E-state index contributed by atoms with van der Waals surface area (Å²) in [6.45, 7) is 36.1. The molecule has 0 radical (unpaired) electrons. The number of hydrogen-bond donors (Lipinski definition) is 4. The molecule has 16 heteroatoms. The second-order valence-electron chi connectivity index (χ2n) is 26.5. The van der Waals surface area contributed by atoms with Crippen LogP contribution in [0.1, 0.15) is 149 Å². The van der Waals surface area contributed by atoms with Gasteiger partial charge in [-0.1, -0.05) is 114 Å². The van der Waals surface area contributed by atoms with Crippen LogP contribution >= 0.6 is 11.9 Å². The molecule has 7 rings (SSSR count). The van der Waals surface area contributed by atoms with Gasteiger partial charge in [0.05, 0.1) is 37.1 Å². The lowest BCUT2D eigenvalue weighted by molar-refractivity contribution is -0.414. The van der Waals surface area contributed by atoms with Crippen molar-refractivity contribution in [2.45, 2.75) is 138 Å². The molecule has 6 atom stereocenters. The molecule has 446 valence electrons. The predicted molar refractivity (Wildman–Crippen MR) is 335 cm³/mol. The number of methoxy groups -OCH3 is 2. The van der Waals surface area contributed by atoms with Crippen LogP contribution in [0.2, 0.25) is 0 Å². The molecule has 1 fully saturated rings. The first-order valence-electron chi connectivity index (χ1n) is 29.1. The summed E-state index contributed by atoms with van der Waals surface area (Å²) in [6.07, 6.45) is 10.5. The zero-order valence-corrected chi connectivity index (χ0v) is 53.0. The number of nitrogens with two attached hydrogens (primary N) is 1. The number of nitro groups is 1. The molecule has 1 saturated carbocycles. The van der Waals surface area contributed by atoms with E-state index in [0.717, 1.165) is 59.2 Å². The molecule has 5 N–H and O–H groups in total. The largest absolute Gasteiger partial charge is 0.496 e. The number of ether oxygens (including phenoxy) is 2. The number of aromatic nitrogens is 1. The normalized spacial score (nSPS) is 20.1. The van der Waals surface area contributed by atoms with Crippen molar-refractivity contribution in [3.05, 3.63) is 141 Å². The number of carbonyl (C=O) groups excluding carboxylic acids is 2. The minimum absolute atomic E-state index is 0.0436. The average Bonchev–Trinajstić information content (AvgIpc) is 0.943. The fraction of sp³-hybridized carbons (Fsp3) is 0.561. The van der Waals surface area contributed by atoms with E-state index in [2.05, 4.69) is 146 Å². The van der Waals surface area contributed by atoms with Crippen LogP contribution in [-0.2, 0) is 16.8 Å². The van der Waals surface area contributed by atoms with E-state index in [1.165, 1.54) is 36.2 Å². The van der Waals surface area contributed by atoms with E-state index in [4.69, 9.17) is 15.2 Å². The number of hydrogen-bond acceptors (Lipinski definition) is 13. The Hall–Kier alpha value is -6.26. The molecule has 82 heavy (non-hydrogen) atoms. The van der Waals surface area contributed by atoms with Crippen LogP contribution in [0.5, 0.6) is 11.5 Å². The van der Waals surface area contributed by atoms with Crippen LogP contribution in [0.25, 0.3) is 0 Å². The molecule has 3 aromatic rings. The van der Waals surface area contributed by atoms with Gasteiger partial charge in [0.25, 0.3) is 11.6 Å². The van der Waals surface area contributed by atoms with Crippen molar-refractivity contribution in [2.75, 3.05) is 54.5 Å². The van der Waals surface area contributed by atoms with Crippen LogP contribution in [0.4, 0.5) is 0 Å². The van der Waals surface area contributed by atoms with Gasteiger partial charge in [0.15, 0.2) is 5.71 Å². The van der Waals surface area contributed by atoms with Gasteiger partial charge in [-0.15, -0.1) is 0 Å². The van der Waals surface area contributed by atoms with Gasteiger partial charge in [0.1, 0.15) is 17.2 Å². The number of nitrogens with zero attached hydrogens (tertiary/aromatic N) is 5. The fourth-order valence-electron chi connectivity index (χ4n) is 12.0. The Morgan fingerprint density at radius 2 is 1.59 bits per heavy atom. The highest BCUT2D eigenvalue weighted by molar-refractivity contribution is 7.97. The van der Waals surface area contributed by atoms with E-state index >= 15 is 0 Å². The highest BCUT2D eigenvalue weighted by Crippen LogP contribution is 2.65. The first-order chi connectivity index (χ1) is 38.4. The van der Waals surface area contributed by atoms with Crippen molar-refractivity contribution in [2.24, 2.45) is 67.0 Å². The van der Waals surface area contributed by atoms with Crippen molar-refractivity contribution in [1.82, 2.24) is 25.2 Å². The van der Waals surface area contributed by atoms with E-state index in [0.29, 0.717) is 54.4 Å². The first-order valence-corrected chi connectivity index (χ1v) is 29.8. The Labute approximate surface area is 494 Å². The van der Waals surface area contributed by atoms with Gasteiger partial charge >= 0.3 is 0 Å². The lowest BCUT2D eigenvalue weighted by Crippen LogP contribution is -2.52. The number of nitrogens with one attached hydrogen (secondary N) is 3. The number of fused-ring (bicyclic) bond motifs is 1. The van der Waals surface area contributed by atoms with Gasteiger partial charge < -0.3 is 31.2 Å². The highest BCUT2D eigenvalue weighted by Gasteiger charge is 2.56. The zero-order valence-electron chi connectivity index (χ0n) is 52.2. The smallest absolute Gasteiger partial charge is 0.296 e. The highest BCUT2D eigenvalue weighted by atomic mass is 32.2. The third-order valence-corrected chi connectivity index (χ3v) is 20.0. The Bertz CT molecular complexity index is 2930. The summed E-state index contributed by atoms with van der Waals surface area (Å²) in [5.74, 6) is 3.34. The maximum absolute atomic E-state index is 14.4. The molecule has 0 saturated heterocycles. The Kier molecular flexibility index (Phi) is 21.0. The number of rotatable bonds is 28. The van der Waals surface area contributed by atoms with Crippen LogP contribution in [0, 0.1) is 61.4 Å². The maximum Gasteiger partial charge on any atom is 0.296 e. The molecule has 1 heterocycles. The number of allylic oxidation sites excluding steroid dienone is 6. The Balaban J connectivity index is 1.04. The molecule has 2 aromatic carbocycles. The van der Waals surface area contributed by atoms with E-state index < -0.39 is 15.8 Å². The molecular weight excluding hydrogens is 1050 g/mol. The predicted octanol–water partition coefficient (Wildman–Crippen LogP) is 12.5. The van der Waals surface area contributed by atoms with Crippen LogP contribution in [-0.4, -0.2) is 91.9 Å². The molecule has 0 aliphatic heterocycles. The second-order valence-corrected chi connectivity index (χ2v) is 27.6. The topological polar surface area (TPSA) is 199 Å². The van der Waals surface area contributed by atoms with Crippen LogP contribution in [0.15, 0.2) is 123 Å². The molecule has 2 amide bonds. The fourth-order valence-corrected chi connectivity index (χ4v) is 12.9. The Morgan fingerprint density at radius 1 is 0.939 bits per heavy atom. The number of aliphatic imine (C=N–C) groups is 2. The van der Waals surface area contributed by atoms with Crippen molar-refractivity contribution in [3.63, 3.8) is 0 Å². The standard InChI is InChI=1S/C66H95N9O6S/c1-41(29-42(2)44(4)71-37-46-30-50(52-33-51(46)66(52,13)14)58-55(80-17)31-47(32-56(58)81-18)65(11,12)43(3)34-62(5,6)39-67)36-72-61(77)45-22-24-49(25-23-45)82-74(38-48-21-19-20-28-70-48)57(76)35-63(7,8)64(9,10)40-73-53-26-27-54(75(78)79)60(69-16)59(53)68-15/h19-28,30-32,41-43,50-52,71,73H,4,29,33-40,67H2,1-3,5-18H3,(H,72,77). The van der Waals surface area contributed by atoms with Gasteiger partial charge in [-0.25, -0.2) is 0 Å². The molecule has 6 unspecified atom stereocenters. The lowest BCUT2D eigenvalue weighted by Gasteiger charge is -2.60. The number of amides is 2. The van der Waals surface area contributed by atoms with Crippen molar-refractivity contribution in [3.8, 4) is 11.5 Å². The van der Waals surface area contributed by atoms with Gasteiger partial charge in [-0.3, -0.25) is 39.0 Å². The quantitative estimate of drug-likeness (QED) is 0.0177. The molecule has 0 spiro atoms. The summed E-state index contributed by atoms with van der Waals surface area (Å²) < 4.78 is 14.2. The third-order valence-electron chi connectivity index (χ3n) is 18.9. The SMILES string of the molecule is C=C(NCC1=CC(c2c(OC)cc(C(C)(C)C(C)CC(C)(C)CN)cc2OC)C2CC1C2(C)C)C(C)CC(C)CNC(=O)c1ccc(SN(Cc2ccccn2)C(=O)CC(C)(C)C(C)(C)CNC2=CC=C([N+](=O)[O-])C(=NC)C2=NC)cc1. The molecule has 4 aliphatic carbocycles. The summed E-state index contributed by atoms with van der Waals surface area (Å²) >= 11 is 1.32. The summed E-state index contributed by atoms with van der Waals surface area (Å²) in [4.78, 5) is 53.1. The minimum Gasteiger partial charge on any atom is -0.496 e.